The van der Waals surface area contributed by atoms with E-state index >= 15 is 4.39 Å². The molecule has 0 aliphatic heterocycles. The van der Waals surface area contributed by atoms with Crippen molar-refractivity contribution in [1.29, 1.82) is 0 Å². The monoisotopic (exact) mass is 530 g/mol. The van der Waals surface area contributed by atoms with Gasteiger partial charge in [-0.3, -0.25) is 9.67 Å². The fourth-order valence-electron chi connectivity index (χ4n) is 5.09. The molecule has 8 nitrogen and oxygen atoms in total. The molecule has 1 saturated carbocycles. The van der Waals surface area contributed by atoms with Gasteiger partial charge in [0.25, 0.3) is 0 Å². The Morgan fingerprint density at radius 1 is 1.05 bits per heavy atom. The number of aryl methyl sites for hydroxylation is 1. The average molecular weight is 531 g/mol. The number of nitrogens with zero attached hydrogens (tertiary/aromatic N) is 5. The van der Waals surface area contributed by atoms with E-state index in [4.69, 9.17) is 14.1 Å². The van der Waals surface area contributed by atoms with Crippen molar-refractivity contribution in [2.45, 2.75) is 32.2 Å². The molecule has 0 unspecified atom stereocenters. The van der Waals surface area contributed by atoms with E-state index in [2.05, 4.69) is 20.1 Å². The Balaban J connectivity index is 1.28. The van der Waals surface area contributed by atoms with Gasteiger partial charge in [-0.05, 0) is 43.2 Å². The van der Waals surface area contributed by atoms with Gasteiger partial charge in [-0.25, -0.2) is 23.1 Å². The van der Waals surface area contributed by atoms with Crippen molar-refractivity contribution < 1.29 is 22.3 Å². The maximum atomic E-state index is 15.3. The highest BCUT2D eigenvalue weighted by Crippen LogP contribution is 2.43. The van der Waals surface area contributed by atoms with Crippen LogP contribution in [-0.4, -0.2) is 35.6 Å². The molecule has 11 heteroatoms. The highest BCUT2D eigenvalue weighted by atomic mass is 19.3. The number of aromatic nitrogens is 6. The van der Waals surface area contributed by atoms with Crippen molar-refractivity contribution in [3.8, 4) is 33.9 Å². The van der Waals surface area contributed by atoms with Gasteiger partial charge in [0.15, 0.2) is 11.6 Å². The van der Waals surface area contributed by atoms with Gasteiger partial charge in [0.05, 0.1) is 47.2 Å². The van der Waals surface area contributed by atoms with E-state index < -0.39 is 11.7 Å². The lowest BCUT2D eigenvalue weighted by Crippen LogP contribution is -2.37. The summed E-state index contributed by atoms with van der Waals surface area (Å²) in [5.74, 6) is -2.27. The lowest BCUT2D eigenvalue weighted by molar-refractivity contribution is -0.114. The van der Waals surface area contributed by atoms with Crippen LogP contribution in [0.1, 0.15) is 18.7 Å². The van der Waals surface area contributed by atoms with Gasteiger partial charge in [-0.2, -0.15) is 5.10 Å². The molecule has 0 saturated heterocycles. The predicted octanol–water partition coefficient (Wildman–Crippen LogP) is 6.91. The molecule has 0 spiro atoms. The zero-order valence-electron chi connectivity index (χ0n) is 20.7. The largest absolute Gasteiger partial charge is 0.472 e. The fraction of sp³-hybridized carbons (Fsp3) is 0.214. The molecule has 6 aromatic rings. The van der Waals surface area contributed by atoms with Crippen LogP contribution >= 0.6 is 0 Å². The van der Waals surface area contributed by atoms with E-state index in [1.54, 1.807) is 66.8 Å². The number of H-pyrrole nitrogens is 1. The summed E-state index contributed by atoms with van der Waals surface area (Å²) in [6, 6.07) is 8.49. The number of rotatable bonds is 6. The first-order chi connectivity index (χ1) is 18.8. The standard InChI is InChI=1S/C28H21F3N6O2/c1-15-34-20-3-5-23(25(29)27(20)35-15)39-22-4-2-19-26(24(22)17-6-7-38-14-17)36-21(11-32-19)18-10-33-37(13-18)12-16-8-28(30,31)9-16/h2-7,10-11,13-14,16H,8-9,12H2,1H3,(H,34,35). The highest BCUT2D eigenvalue weighted by molar-refractivity contribution is 5.96. The summed E-state index contributed by atoms with van der Waals surface area (Å²) in [7, 11) is 0. The van der Waals surface area contributed by atoms with Crippen LogP contribution in [0.5, 0.6) is 11.5 Å². The number of ether oxygens (including phenoxy) is 1. The van der Waals surface area contributed by atoms with Crippen LogP contribution in [0, 0.1) is 18.7 Å². The maximum absolute atomic E-state index is 15.3. The minimum absolute atomic E-state index is 0.0186. The van der Waals surface area contributed by atoms with Crippen LogP contribution in [0.2, 0.25) is 0 Å². The Kier molecular flexibility index (Phi) is 5.22. The number of halogens is 3. The number of nitrogens with one attached hydrogen (secondary N) is 1. The summed E-state index contributed by atoms with van der Waals surface area (Å²) >= 11 is 0. The van der Waals surface area contributed by atoms with Crippen molar-refractivity contribution in [2.75, 3.05) is 0 Å². The molecule has 1 N–H and O–H groups in total. The summed E-state index contributed by atoms with van der Waals surface area (Å²) in [4.78, 5) is 16.7. The van der Waals surface area contributed by atoms with Crippen LogP contribution in [0.15, 0.2) is 65.9 Å². The second-order valence-electron chi connectivity index (χ2n) is 9.85. The Labute approximate surface area is 219 Å². The molecule has 196 valence electrons. The number of furan rings is 1. The molecule has 0 atom stereocenters. The molecule has 1 aliphatic rings. The van der Waals surface area contributed by atoms with Gasteiger partial charge in [-0.15, -0.1) is 0 Å². The van der Waals surface area contributed by atoms with Crippen molar-refractivity contribution in [3.63, 3.8) is 0 Å². The van der Waals surface area contributed by atoms with Crippen LogP contribution in [0.4, 0.5) is 13.2 Å². The molecule has 4 aromatic heterocycles. The number of fused-ring (bicyclic) bond motifs is 2. The summed E-state index contributed by atoms with van der Waals surface area (Å²) in [6.45, 7) is 2.17. The van der Waals surface area contributed by atoms with Crippen molar-refractivity contribution in [2.24, 2.45) is 5.92 Å². The number of benzene rings is 2. The van der Waals surface area contributed by atoms with Gasteiger partial charge in [-0.1, -0.05) is 0 Å². The number of aromatic amines is 1. The second kappa shape index (κ2) is 8.69. The molecule has 39 heavy (non-hydrogen) atoms. The van der Waals surface area contributed by atoms with E-state index in [1.807, 2.05) is 0 Å². The molecule has 1 fully saturated rings. The van der Waals surface area contributed by atoms with Crippen LogP contribution < -0.4 is 4.74 Å². The summed E-state index contributed by atoms with van der Waals surface area (Å²) in [6.07, 6.45) is 7.89. The normalized spacial score (nSPS) is 15.2. The predicted molar refractivity (Wildman–Crippen MR) is 137 cm³/mol. The van der Waals surface area contributed by atoms with E-state index in [-0.39, 0.29) is 30.0 Å². The van der Waals surface area contributed by atoms with Crippen LogP contribution in [0.25, 0.3) is 44.5 Å². The first-order valence-corrected chi connectivity index (χ1v) is 12.4. The zero-order chi connectivity index (χ0) is 26.7. The molecule has 7 rings (SSSR count). The Morgan fingerprint density at radius 3 is 2.69 bits per heavy atom. The lowest BCUT2D eigenvalue weighted by atomic mass is 9.81. The number of alkyl halides is 2. The molecule has 2 aromatic carbocycles. The number of hydrogen-bond donors (Lipinski definition) is 1. The van der Waals surface area contributed by atoms with Gasteiger partial charge in [0, 0.05) is 36.7 Å². The van der Waals surface area contributed by atoms with Crippen molar-refractivity contribution in [3.05, 3.63) is 73.1 Å². The highest BCUT2D eigenvalue weighted by Gasteiger charge is 2.45. The summed E-state index contributed by atoms with van der Waals surface area (Å²) in [5.41, 5.74) is 4.41. The Hall–Kier alpha value is -4.67. The first-order valence-electron chi connectivity index (χ1n) is 12.4. The fourth-order valence-corrected chi connectivity index (χ4v) is 5.09. The average Bonchev–Trinajstić information content (AvgIpc) is 3.65. The molecule has 0 amide bonds. The maximum Gasteiger partial charge on any atom is 0.248 e. The third-order valence-electron chi connectivity index (χ3n) is 6.93. The SMILES string of the molecule is Cc1nc2c(F)c(Oc3ccc4ncc(-c5cnn(CC6CC(F)(F)C6)c5)nc4c3-c3ccoc3)ccc2[nH]1. The molecule has 0 bridgehead atoms. The van der Waals surface area contributed by atoms with Crippen LogP contribution in [0.3, 0.4) is 0 Å². The van der Waals surface area contributed by atoms with Gasteiger partial charge in [0.2, 0.25) is 5.92 Å². The quantitative estimate of drug-likeness (QED) is 0.251. The smallest absolute Gasteiger partial charge is 0.248 e. The molecule has 1 aliphatic carbocycles. The number of imidazole rings is 1. The van der Waals surface area contributed by atoms with E-state index in [0.29, 0.717) is 57.1 Å². The minimum Gasteiger partial charge on any atom is -0.472 e. The van der Waals surface area contributed by atoms with Gasteiger partial charge >= 0.3 is 0 Å². The topological polar surface area (TPSA) is 94.7 Å². The second-order valence-corrected chi connectivity index (χ2v) is 9.85. The zero-order valence-corrected chi connectivity index (χ0v) is 20.7. The van der Waals surface area contributed by atoms with Crippen molar-refractivity contribution >= 4 is 22.1 Å². The van der Waals surface area contributed by atoms with E-state index in [0.717, 1.165) is 0 Å². The number of hydrogen-bond acceptors (Lipinski definition) is 6. The first kappa shape index (κ1) is 23.4. The van der Waals surface area contributed by atoms with E-state index in [9.17, 15) is 8.78 Å². The Bertz CT molecular complexity index is 1840. The molecule has 0 radical (unpaired) electrons. The summed E-state index contributed by atoms with van der Waals surface area (Å²) in [5, 5.41) is 4.34. The minimum atomic E-state index is -2.57. The van der Waals surface area contributed by atoms with E-state index in [1.165, 1.54) is 6.26 Å². The molecular formula is C28H21F3N6O2. The lowest BCUT2D eigenvalue weighted by Gasteiger charge is -2.34. The van der Waals surface area contributed by atoms with Gasteiger partial charge in [0.1, 0.15) is 22.6 Å². The summed E-state index contributed by atoms with van der Waals surface area (Å²) < 4.78 is 54.9. The molecule has 4 heterocycles. The van der Waals surface area contributed by atoms with Crippen LogP contribution in [-0.2, 0) is 6.54 Å². The third-order valence-corrected chi connectivity index (χ3v) is 6.93. The van der Waals surface area contributed by atoms with Crippen molar-refractivity contribution in [1.82, 2.24) is 29.7 Å². The third kappa shape index (κ3) is 4.19. The van der Waals surface area contributed by atoms with Gasteiger partial charge < -0.3 is 14.1 Å². The molecular weight excluding hydrogens is 509 g/mol. The Morgan fingerprint density at radius 2 is 1.90 bits per heavy atom.